The number of anilines is 1. The van der Waals surface area contributed by atoms with Gasteiger partial charge in [-0.2, -0.15) is 0 Å². The first-order valence-electron chi connectivity index (χ1n) is 9.78. The lowest BCUT2D eigenvalue weighted by Crippen LogP contribution is -2.50. The number of thiazole rings is 1. The summed E-state index contributed by atoms with van der Waals surface area (Å²) < 4.78 is 6.96. The highest BCUT2D eigenvalue weighted by molar-refractivity contribution is 7.18. The maximum atomic E-state index is 12.9. The quantitative estimate of drug-likeness (QED) is 0.632. The van der Waals surface area contributed by atoms with E-state index in [1.54, 1.807) is 29.4 Å². The summed E-state index contributed by atoms with van der Waals surface area (Å²) in [6.45, 7) is 0.230. The second kappa shape index (κ2) is 8.61. The fraction of sp³-hybridized carbons (Fsp3) is 0.318. The van der Waals surface area contributed by atoms with Crippen molar-refractivity contribution in [1.82, 2.24) is 10.3 Å². The van der Waals surface area contributed by atoms with Gasteiger partial charge in [-0.05, 0) is 43.5 Å². The Morgan fingerprint density at radius 3 is 2.79 bits per heavy atom. The summed E-state index contributed by atoms with van der Waals surface area (Å²) in [5.74, 6) is 0.349. The summed E-state index contributed by atoms with van der Waals surface area (Å²) >= 11 is 1.71. The molecular formula is C22H23N3O3S. The Morgan fingerprint density at radius 2 is 1.97 bits per heavy atom. The zero-order valence-electron chi connectivity index (χ0n) is 16.3. The number of carbonyl (C=O) groups excluding carboxylic acids is 2. The number of aryl methyl sites for hydroxylation is 1. The molecule has 0 saturated heterocycles. The average Bonchev–Trinajstić information content (AvgIpc) is 3.18. The molecule has 3 aromatic rings. The zero-order valence-corrected chi connectivity index (χ0v) is 17.1. The predicted molar refractivity (Wildman–Crippen MR) is 114 cm³/mol. The van der Waals surface area contributed by atoms with Crippen molar-refractivity contribution in [2.24, 2.45) is 0 Å². The number of benzene rings is 2. The number of fused-ring (bicyclic) bond motifs is 2. The lowest BCUT2D eigenvalue weighted by Gasteiger charge is -2.34. The van der Waals surface area contributed by atoms with Gasteiger partial charge in [-0.3, -0.25) is 9.59 Å². The molecule has 2 heterocycles. The average molecular weight is 410 g/mol. The van der Waals surface area contributed by atoms with Crippen molar-refractivity contribution in [3.05, 3.63) is 53.5 Å². The zero-order chi connectivity index (χ0) is 20.2. The summed E-state index contributed by atoms with van der Waals surface area (Å²) in [5, 5.41) is 3.71. The Kier molecular flexibility index (Phi) is 5.76. The molecular weight excluding hydrogens is 386 g/mol. The van der Waals surface area contributed by atoms with Crippen molar-refractivity contribution in [2.45, 2.75) is 31.8 Å². The SMILES string of the molecule is CNC(=O)[C@H]1CN(C(=O)CCCCc2nc3ccccc3s2)c2ccccc2O1. The number of unbranched alkanes of at least 4 members (excludes halogenated alkanes) is 1. The smallest absolute Gasteiger partial charge is 0.262 e. The van der Waals surface area contributed by atoms with Crippen molar-refractivity contribution in [2.75, 3.05) is 18.5 Å². The van der Waals surface area contributed by atoms with Gasteiger partial charge in [-0.25, -0.2) is 4.98 Å². The predicted octanol–water partition coefficient (Wildman–Crippen LogP) is 3.55. The van der Waals surface area contributed by atoms with Crippen LogP contribution < -0.4 is 15.0 Å². The lowest BCUT2D eigenvalue weighted by atomic mass is 10.1. The van der Waals surface area contributed by atoms with Crippen LogP contribution in [-0.2, 0) is 16.0 Å². The van der Waals surface area contributed by atoms with Crippen LogP contribution in [0.4, 0.5) is 5.69 Å². The summed E-state index contributed by atoms with van der Waals surface area (Å²) in [6, 6.07) is 15.5. The molecule has 150 valence electrons. The highest BCUT2D eigenvalue weighted by Gasteiger charge is 2.32. The molecule has 29 heavy (non-hydrogen) atoms. The first kappa shape index (κ1) is 19.4. The maximum Gasteiger partial charge on any atom is 0.262 e. The standard InChI is InChI=1S/C22H23N3O3S/c1-23-22(27)18-14-25(16-9-3-4-10-17(16)28-18)21(26)13-7-6-12-20-24-15-8-2-5-11-19(15)29-20/h2-5,8-11,18H,6-7,12-14H2,1H3,(H,23,27)/t18-/m1/s1. The summed E-state index contributed by atoms with van der Waals surface area (Å²) in [5.41, 5.74) is 1.76. The number of nitrogens with one attached hydrogen (secondary N) is 1. The molecule has 0 radical (unpaired) electrons. The highest BCUT2D eigenvalue weighted by atomic mass is 32.1. The molecule has 7 heteroatoms. The van der Waals surface area contributed by atoms with Gasteiger partial charge in [0, 0.05) is 13.5 Å². The Labute approximate surface area is 173 Å². The number of hydrogen-bond donors (Lipinski definition) is 1. The third-order valence-corrected chi connectivity index (χ3v) is 6.08. The third kappa shape index (κ3) is 4.24. The Morgan fingerprint density at radius 1 is 1.17 bits per heavy atom. The topological polar surface area (TPSA) is 71.5 Å². The normalized spacial score (nSPS) is 15.6. The second-order valence-corrected chi connectivity index (χ2v) is 8.09. The van der Waals surface area contributed by atoms with Crippen molar-refractivity contribution in [3.63, 3.8) is 0 Å². The Hall–Kier alpha value is -2.93. The van der Waals surface area contributed by atoms with Crippen molar-refractivity contribution >= 4 is 39.1 Å². The number of carbonyl (C=O) groups is 2. The number of amides is 2. The number of para-hydroxylation sites is 3. The van der Waals surface area contributed by atoms with E-state index < -0.39 is 6.10 Å². The van der Waals surface area contributed by atoms with E-state index in [0.29, 0.717) is 12.2 Å². The second-order valence-electron chi connectivity index (χ2n) is 6.98. The van der Waals surface area contributed by atoms with E-state index in [2.05, 4.69) is 16.4 Å². The molecule has 0 unspecified atom stereocenters. The fourth-order valence-electron chi connectivity index (χ4n) is 3.48. The molecule has 2 amide bonds. The molecule has 0 bridgehead atoms. The number of likely N-dealkylation sites (N-methyl/N-ethyl adjacent to an activating group) is 1. The molecule has 2 aromatic carbocycles. The molecule has 0 fully saturated rings. The van der Waals surface area contributed by atoms with Gasteiger partial charge >= 0.3 is 0 Å². The van der Waals surface area contributed by atoms with E-state index in [4.69, 9.17) is 4.74 Å². The van der Waals surface area contributed by atoms with Crippen LogP contribution in [0.25, 0.3) is 10.2 Å². The lowest BCUT2D eigenvalue weighted by molar-refractivity contribution is -0.127. The molecule has 1 aliphatic rings. The van der Waals surface area contributed by atoms with Crippen molar-refractivity contribution in [1.29, 1.82) is 0 Å². The van der Waals surface area contributed by atoms with Gasteiger partial charge < -0.3 is 15.0 Å². The van der Waals surface area contributed by atoms with Crippen LogP contribution >= 0.6 is 11.3 Å². The first-order chi connectivity index (χ1) is 14.2. The van der Waals surface area contributed by atoms with Gasteiger partial charge in [-0.1, -0.05) is 24.3 Å². The molecule has 1 aliphatic heterocycles. The van der Waals surface area contributed by atoms with E-state index >= 15 is 0 Å². The van der Waals surface area contributed by atoms with Gasteiger partial charge in [0.05, 0.1) is 27.5 Å². The molecule has 1 aromatic heterocycles. The summed E-state index contributed by atoms with van der Waals surface area (Å²) in [7, 11) is 1.57. The van der Waals surface area contributed by atoms with E-state index in [1.807, 2.05) is 36.4 Å². The molecule has 0 aliphatic carbocycles. The van der Waals surface area contributed by atoms with E-state index in [9.17, 15) is 9.59 Å². The molecule has 6 nitrogen and oxygen atoms in total. The summed E-state index contributed by atoms with van der Waals surface area (Å²) in [6.07, 6.45) is 2.28. The minimum atomic E-state index is -0.693. The van der Waals surface area contributed by atoms with Crippen LogP contribution in [0.5, 0.6) is 5.75 Å². The Balaban J connectivity index is 1.36. The maximum absolute atomic E-state index is 12.9. The van der Waals surface area contributed by atoms with Crippen LogP contribution in [0.15, 0.2) is 48.5 Å². The van der Waals surface area contributed by atoms with Crippen molar-refractivity contribution in [3.8, 4) is 5.75 Å². The highest BCUT2D eigenvalue weighted by Crippen LogP contribution is 2.33. The van der Waals surface area contributed by atoms with E-state index in [0.717, 1.165) is 35.5 Å². The molecule has 1 atom stereocenters. The number of aromatic nitrogens is 1. The number of rotatable bonds is 6. The number of ether oxygens (including phenoxy) is 1. The largest absolute Gasteiger partial charge is 0.477 e. The summed E-state index contributed by atoms with van der Waals surface area (Å²) in [4.78, 5) is 31.3. The monoisotopic (exact) mass is 409 g/mol. The first-order valence-corrected chi connectivity index (χ1v) is 10.6. The molecule has 1 N–H and O–H groups in total. The third-order valence-electron chi connectivity index (χ3n) is 4.98. The minimum absolute atomic E-state index is 0.0129. The van der Waals surface area contributed by atoms with Gasteiger partial charge in [-0.15, -0.1) is 11.3 Å². The number of nitrogens with zero attached hydrogens (tertiary/aromatic N) is 2. The van der Waals surface area contributed by atoms with Crippen LogP contribution in [0.1, 0.15) is 24.3 Å². The molecule has 0 spiro atoms. The van der Waals surface area contributed by atoms with E-state index in [-0.39, 0.29) is 18.4 Å². The number of hydrogen-bond acceptors (Lipinski definition) is 5. The minimum Gasteiger partial charge on any atom is -0.477 e. The van der Waals surface area contributed by atoms with Crippen LogP contribution in [-0.4, -0.2) is 36.5 Å². The molecule has 4 rings (SSSR count). The van der Waals surface area contributed by atoms with Crippen molar-refractivity contribution < 1.29 is 14.3 Å². The fourth-order valence-corrected chi connectivity index (χ4v) is 4.49. The van der Waals surface area contributed by atoms with Crippen LogP contribution in [0, 0.1) is 0 Å². The van der Waals surface area contributed by atoms with Gasteiger partial charge in [0.25, 0.3) is 5.91 Å². The van der Waals surface area contributed by atoms with Gasteiger partial charge in [0.1, 0.15) is 5.75 Å². The van der Waals surface area contributed by atoms with Gasteiger partial charge in [0.15, 0.2) is 6.10 Å². The Bertz CT molecular complexity index is 1000. The van der Waals surface area contributed by atoms with Crippen LogP contribution in [0.2, 0.25) is 0 Å². The van der Waals surface area contributed by atoms with E-state index in [1.165, 1.54) is 4.70 Å². The van der Waals surface area contributed by atoms with Crippen LogP contribution in [0.3, 0.4) is 0 Å². The van der Waals surface area contributed by atoms with Gasteiger partial charge in [0.2, 0.25) is 5.91 Å². The molecule has 0 saturated carbocycles.